The lowest BCUT2D eigenvalue weighted by Crippen LogP contribution is -2.34. The van der Waals surface area contributed by atoms with Crippen LogP contribution >= 0.6 is 0 Å². The number of hydrogen-bond acceptors (Lipinski definition) is 5. The summed E-state index contributed by atoms with van der Waals surface area (Å²) in [7, 11) is 1.56. The molecule has 0 fully saturated rings. The number of halogens is 3. The molecule has 0 radical (unpaired) electrons. The van der Waals surface area contributed by atoms with Crippen molar-refractivity contribution >= 4 is 5.91 Å². The first kappa shape index (κ1) is 25.2. The van der Waals surface area contributed by atoms with E-state index in [0.717, 1.165) is 11.6 Å². The molecule has 6 nitrogen and oxygen atoms in total. The molecule has 3 N–H and O–H groups in total. The van der Waals surface area contributed by atoms with Crippen LogP contribution in [0.15, 0.2) is 78.4 Å². The highest BCUT2D eigenvalue weighted by molar-refractivity contribution is 5.75. The van der Waals surface area contributed by atoms with Gasteiger partial charge in [-0.3, -0.25) is 4.79 Å². The minimum absolute atomic E-state index is 0.0207. The second-order valence-electron chi connectivity index (χ2n) is 8.00. The SMILES string of the molecule is C=C(NCCCO)C1=C(N(C)C(C)=O)NC(c2ccccc2C(F)(F)F)N1Cc1ccccc1. The monoisotopic (exact) mass is 474 g/mol. The van der Waals surface area contributed by atoms with Crippen LogP contribution in [0.3, 0.4) is 0 Å². The molecule has 0 aliphatic carbocycles. The molecule has 0 spiro atoms. The number of carbonyl (C=O) groups is 1. The van der Waals surface area contributed by atoms with Gasteiger partial charge in [0.1, 0.15) is 17.7 Å². The average molecular weight is 475 g/mol. The van der Waals surface area contributed by atoms with Gasteiger partial charge in [-0.1, -0.05) is 55.1 Å². The fraction of sp³-hybridized carbons (Fsp3) is 0.320. The maximum atomic E-state index is 13.9. The first-order valence-electron chi connectivity index (χ1n) is 10.9. The van der Waals surface area contributed by atoms with Crippen molar-refractivity contribution in [3.05, 3.63) is 95.1 Å². The molecule has 3 rings (SSSR count). The summed E-state index contributed by atoms with van der Waals surface area (Å²) in [6.07, 6.45) is -4.99. The van der Waals surface area contributed by atoms with Gasteiger partial charge in [-0.25, -0.2) is 0 Å². The van der Waals surface area contributed by atoms with Gasteiger partial charge in [-0.05, 0) is 18.1 Å². The molecule has 34 heavy (non-hydrogen) atoms. The molecular formula is C25H29F3N4O2. The minimum Gasteiger partial charge on any atom is -0.396 e. The highest BCUT2D eigenvalue weighted by atomic mass is 19.4. The predicted octanol–water partition coefficient (Wildman–Crippen LogP) is 3.94. The second kappa shape index (κ2) is 10.6. The van der Waals surface area contributed by atoms with E-state index >= 15 is 0 Å². The Kier molecular flexibility index (Phi) is 7.88. The van der Waals surface area contributed by atoms with Crippen molar-refractivity contribution in [2.24, 2.45) is 0 Å². The van der Waals surface area contributed by atoms with Gasteiger partial charge in [0, 0.05) is 39.2 Å². The van der Waals surface area contributed by atoms with Gasteiger partial charge in [0.15, 0.2) is 0 Å². The molecule has 1 atom stereocenters. The Morgan fingerprint density at radius 1 is 1.18 bits per heavy atom. The number of alkyl halides is 3. The molecular weight excluding hydrogens is 445 g/mol. The van der Waals surface area contributed by atoms with Gasteiger partial charge < -0.3 is 25.5 Å². The van der Waals surface area contributed by atoms with Crippen molar-refractivity contribution in [2.45, 2.75) is 32.2 Å². The third-order valence-electron chi connectivity index (χ3n) is 5.62. The van der Waals surface area contributed by atoms with Crippen LogP contribution in [0, 0.1) is 0 Å². The van der Waals surface area contributed by atoms with Crippen LogP contribution in [0.2, 0.25) is 0 Å². The van der Waals surface area contributed by atoms with Crippen LogP contribution in [0.1, 0.15) is 36.2 Å². The van der Waals surface area contributed by atoms with Crippen LogP contribution in [-0.2, 0) is 17.5 Å². The van der Waals surface area contributed by atoms with E-state index in [-0.39, 0.29) is 24.6 Å². The number of amides is 1. The Balaban J connectivity index is 2.14. The zero-order valence-corrected chi connectivity index (χ0v) is 19.2. The van der Waals surface area contributed by atoms with Gasteiger partial charge in [0.2, 0.25) is 5.91 Å². The van der Waals surface area contributed by atoms with Gasteiger partial charge in [0.25, 0.3) is 0 Å². The molecule has 1 amide bonds. The lowest BCUT2D eigenvalue weighted by molar-refractivity contribution is -0.138. The quantitative estimate of drug-likeness (QED) is 0.481. The van der Waals surface area contributed by atoms with Crippen molar-refractivity contribution in [1.82, 2.24) is 20.4 Å². The molecule has 1 heterocycles. The minimum atomic E-state index is -4.55. The molecule has 2 aromatic rings. The van der Waals surface area contributed by atoms with E-state index in [1.807, 2.05) is 30.3 Å². The van der Waals surface area contributed by atoms with E-state index in [1.165, 1.54) is 24.0 Å². The number of nitrogens with zero attached hydrogens (tertiary/aromatic N) is 2. The topological polar surface area (TPSA) is 67.8 Å². The molecule has 1 aliphatic rings. The van der Waals surface area contributed by atoms with Crippen LogP contribution < -0.4 is 10.6 Å². The Morgan fingerprint density at radius 2 is 1.82 bits per heavy atom. The lowest BCUT2D eigenvalue weighted by atomic mass is 10.0. The predicted molar refractivity (Wildman–Crippen MR) is 124 cm³/mol. The van der Waals surface area contributed by atoms with E-state index in [2.05, 4.69) is 17.2 Å². The molecule has 0 bridgehead atoms. The van der Waals surface area contributed by atoms with Gasteiger partial charge in [-0.15, -0.1) is 0 Å². The fourth-order valence-electron chi connectivity index (χ4n) is 3.86. The molecule has 2 aromatic carbocycles. The Morgan fingerprint density at radius 3 is 2.44 bits per heavy atom. The Bertz CT molecular complexity index is 1050. The molecule has 1 aliphatic heterocycles. The number of nitrogens with one attached hydrogen (secondary N) is 2. The molecule has 0 aromatic heterocycles. The third-order valence-corrected chi connectivity index (χ3v) is 5.62. The first-order chi connectivity index (χ1) is 16.1. The van der Waals surface area contributed by atoms with E-state index < -0.39 is 17.9 Å². The Hall–Kier alpha value is -3.46. The highest BCUT2D eigenvalue weighted by Gasteiger charge is 2.41. The number of hydrogen-bond donors (Lipinski definition) is 3. The summed E-state index contributed by atoms with van der Waals surface area (Å²) in [6.45, 7) is 6.15. The normalized spacial score (nSPS) is 15.8. The summed E-state index contributed by atoms with van der Waals surface area (Å²) in [4.78, 5) is 15.4. The van der Waals surface area contributed by atoms with Gasteiger partial charge >= 0.3 is 6.18 Å². The van der Waals surface area contributed by atoms with Crippen LogP contribution in [0.25, 0.3) is 0 Å². The second-order valence-corrected chi connectivity index (χ2v) is 8.00. The standard InChI is InChI=1S/C25H29F3N4O2/c1-17(29-14-9-15-33)22-24(31(3)18(2)34)30-23(32(22)16-19-10-5-4-6-11-19)20-12-7-8-13-21(20)25(26,27)28/h4-8,10-13,23,29-30,33H,1,9,14-16H2,2-3H3. The summed E-state index contributed by atoms with van der Waals surface area (Å²) in [5, 5.41) is 15.4. The lowest BCUT2D eigenvalue weighted by Gasteiger charge is -2.31. The third kappa shape index (κ3) is 5.53. The smallest absolute Gasteiger partial charge is 0.396 e. The van der Waals surface area contributed by atoms with Crippen molar-refractivity contribution in [2.75, 3.05) is 20.2 Å². The fourth-order valence-corrected chi connectivity index (χ4v) is 3.86. The van der Waals surface area contributed by atoms with E-state index in [0.29, 0.717) is 30.2 Å². The summed E-state index contributed by atoms with van der Waals surface area (Å²) in [5.74, 6) is 0.0690. The number of benzene rings is 2. The van der Waals surface area contributed by atoms with Crippen molar-refractivity contribution in [3.63, 3.8) is 0 Å². The molecule has 0 saturated carbocycles. The van der Waals surface area contributed by atoms with E-state index in [4.69, 9.17) is 5.11 Å². The largest absolute Gasteiger partial charge is 0.416 e. The summed E-state index contributed by atoms with van der Waals surface area (Å²) in [6, 6.07) is 14.8. The zero-order valence-electron chi connectivity index (χ0n) is 19.2. The van der Waals surface area contributed by atoms with Crippen molar-refractivity contribution < 1.29 is 23.1 Å². The van der Waals surface area contributed by atoms with Crippen molar-refractivity contribution in [3.8, 4) is 0 Å². The number of aliphatic hydroxyl groups excluding tert-OH is 1. The van der Waals surface area contributed by atoms with Gasteiger partial charge in [0.05, 0.1) is 11.3 Å². The van der Waals surface area contributed by atoms with E-state index in [1.54, 1.807) is 18.0 Å². The zero-order chi connectivity index (χ0) is 24.9. The van der Waals surface area contributed by atoms with E-state index in [9.17, 15) is 18.0 Å². The number of aliphatic hydroxyl groups is 1. The van der Waals surface area contributed by atoms with Crippen molar-refractivity contribution in [1.29, 1.82) is 0 Å². The maximum absolute atomic E-state index is 13.9. The van der Waals surface area contributed by atoms with Gasteiger partial charge in [-0.2, -0.15) is 13.2 Å². The number of carbonyl (C=O) groups excluding carboxylic acids is 1. The van der Waals surface area contributed by atoms with Crippen LogP contribution in [-0.4, -0.2) is 41.0 Å². The summed E-state index contributed by atoms with van der Waals surface area (Å²) in [5.41, 5.74) is 1.09. The molecule has 9 heteroatoms. The Labute approximate surface area is 197 Å². The molecule has 1 unspecified atom stereocenters. The molecule has 0 saturated heterocycles. The highest BCUT2D eigenvalue weighted by Crippen LogP contribution is 2.41. The van der Waals surface area contributed by atoms with Crippen LogP contribution in [0.5, 0.6) is 0 Å². The first-order valence-corrected chi connectivity index (χ1v) is 10.9. The van der Waals surface area contributed by atoms with Crippen LogP contribution in [0.4, 0.5) is 13.2 Å². The summed E-state index contributed by atoms with van der Waals surface area (Å²) < 4.78 is 41.8. The maximum Gasteiger partial charge on any atom is 0.416 e. The average Bonchev–Trinajstić information content (AvgIpc) is 3.17. The summed E-state index contributed by atoms with van der Waals surface area (Å²) >= 11 is 0. The molecule has 182 valence electrons. The number of rotatable bonds is 9.